The van der Waals surface area contributed by atoms with E-state index in [-0.39, 0.29) is 0 Å². The maximum atomic E-state index is 2.40. The Kier molecular flexibility index (Phi) is 8.87. The SMILES string of the molecule is c1ccc(-c2cccc(N(c3ccc(-c4cccc(-c5cccc6ccccc56)c4)cc3)c3ccccc3-c3ccc(-n4c5ccccc5c5ccccc54)cc3)c2)cc1. The van der Waals surface area contributed by atoms with Gasteiger partial charge in [-0.2, -0.15) is 0 Å². The Morgan fingerprint density at radius 1 is 0.283 bits per heavy atom. The van der Waals surface area contributed by atoms with Gasteiger partial charge in [0, 0.05) is 33.4 Å². The van der Waals surface area contributed by atoms with E-state index in [4.69, 9.17) is 0 Å². The second-order valence-electron chi connectivity index (χ2n) is 15.3. The topological polar surface area (TPSA) is 8.17 Å². The second-order valence-corrected chi connectivity index (χ2v) is 15.3. The van der Waals surface area contributed by atoms with Crippen LogP contribution in [0.2, 0.25) is 0 Å². The monoisotopic (exact) mass is 764 g/mol. The third-order valence-corrected chi connectivity index (χ3v) is 11.8. The third kappa shape index (κ3) is 6.32. The number of anilines is 3. The fourth-order valence-electron chi connectivity index (χ4n) is 8.93. The van der Waals surface area contributed by atoms with Crippen LogP contribution in [0.1, 0.15) is 0 Å². The van der Waals surface area contributed by atoms with Crippen LogP contribution < -0.4 is 4.90 Å². The van der Waals surface area contributed by atoms with E-state index in [0.717, 1.165) is 33.9 Å². The van der Waals surface area contributed by atoms with Gasteiger partial charge in [0.2, 0.25) is 0 Å². The maximum absolute atomic E-state index is 2.40. The van der Waals surface area contributed by atoms with Crippen LogP contribution >= 0.6 is 0 Å². The number of benzene rings is 10. The molecule has 2 heteroatoms. The lowest BCUT2D eigenvalue weighted by atomic mass is 9.95. The molecular weight excluding hydrogens is 725 g/mol. The molecule has 0 aliphatic heterocycles. The predicted molar refractivity (Wildman–Crippen MR) is 255 cm³/mol. The number of hydrogen-bond acceptors (Lipinski definition) is 1. The van der Waals surface area contributed by atoms with Gasteiger partial charge in [0.1, 0.15) is 0 Å². The van der Waals surface area contributed by atoms with Crippen LogP contribution in [0.3, 0.4) is 0 Å². The zero-order chi connectivity index (χ0) is 39.8. The van der Waals surface area contributed by atoms with Crippen molar-refractivity contribution in [2.24, 2.45) is 0 Å². The number of hydrogen-bond donors (Lipinski definition) is 0. The lowest BCUT2D eigenvalue weighted by Crippen LogP contribution is -2.11. The summed E-state index contributed by atoms with van der Waals surface area (Å²) in [7, 11) is 0. The van der Waals surface area contributed by atoms with Crippen molar-refractivity contribution >= 4 is 49.6 Å². The molecule has 1 heterocycles. The summed E-state index contributed by atoms with van der Waals surface area (Å²) in [6.07, 6.45) is 0. The fourth-order valence-corrected chi connectivity index (χ4v) is 8.93. The number of para-hydroxylation sites is 3. The second kappa shape index (κ2) is 15.1. The summed E-state index contributed by atoms with van der Waals surface area (Å²) in [5, 5.41) is 5.04. The quantitative estimate of drug-likeness (QED) is 0.150. The fraction of sp³-hybridized carbons (Fsp3) is 0. The Bertz CT molecular complexity index is 3240. The van der Waals surface area contributed by atoms with Crippen LogP contribution in [-0.4, -0.2) is 4.57 Å². The van der Waals surface area contributed by atoms with Crippen molar-refractivity contribution in [2.75, 3.05) is 4.90 Å². The highest BCUT2D eigenvalue weighted by molar-refractivity contribution is 6.09. The molecule has 0 atom stereocenters. The minimum absolute atomic E-state index is 1.09. The van der Waals surface area contributed by atoms with Gasteiger partial charge in [0.05, 0.1) is 16.7 Å². The summed E-state index contributed by atoms with van der Waals surface area (Å²) in [5.74, 6) is 0. The molecular formula is C58H40N2. The third-order valence-electron chi connectivity index (χ3n) is 11.8. The summed E-state index contributed by atoms with van der Waals surface area (Å²) in [5.41, 5.74) is 16.3. The van der Waals surface area contributed by atoms with Crippen molar-refractivity contribution in [3.05, 3.63) is 243 Å². The van der Waals surface area contributed by atoms with Crippen molar-refractivity contribution in [3.63, 3.8) is 0 Å². The smallest absolute Gasteiger partial charge is 0.0541 e. The average Bonchev–Trinajstić information content (AvgIpc) is 3.67. The molecule has 0 amide bonds. The van der Waals surface area contributed by atoms with Gasteiger partial charge in [0.15, 0.2) is 0 Å². The standard InChI is InChI=1S/C58H40N2/c1-2-15-41(16-3-1)46-20-13-22-50(40-46)59(48-35-31-42(32-36-48)45-19-12-21-47(39-45)52-27-14-18-43-17-4-5-23-51(43)52)56-28-9-6-24-53(56)44-33-37-49(38-34-44)60-57-29-10-7-25-54(57)55-26-8-11-30-58(55)60/h1-40H. The lowest BCUT2D eigenvalue weighted by molar-refractivity contribution is 1.18. The summed E-state index contributed by atoms with van der Waals surface area (Å²) >= 11 is 0. The largest absolute Gasteiger partial charge is 0.310 e. The molecule has 0 aliphatic carbocycles. The first-order valence-corrected chi connectivity index (χ1v) is 20.6. The molecule has 0 fully saturated rings. The highest BCUT2D eigenvalue weighted by atomic mass is 15.1. The summed E-state index contributed by atoms with van der Waals surface area (Å²) in [6.45, 7) is 0. The van der Waals surface area contributed by atoms with Gasteiger partial charge in [-0.1, -0.05) is 182 Å². The molecule has 60 heavy (non-hydrogen) atoms. The summed E-state index contributed by atoms with van der Waals surface area (Å²) in [6, 6.07) is 87.8. The van der Waals surface area contributed by atoms with E-state index >= 15 is 0 Å². The van der Waals surface area contributed by atoms with E-state index in [1.807, 2.05) is 0 Å². The van der Waals surface area contributed by atoms with Crippen molar-refractivity contribution < 1.29 is 0 Å². The Balaban J connectivity index is 1.01. The minimum Gasteiger partial charge on any atom is -0.310 e. The van der Waals surface area contributed by atoms with Gasteiger partial charge in [-0.3, -0.25) is 0 Å². The van der Waals surface area contributed by atoms with E-state index in [0.29, 0.717) is 0 Å². The van der Waals surface area contributed by atoms with E-state index < -0.39 is 0 Å². The Morgan fingerprint density at radius 3 is 1.57 bits per heavy atom. The first kappa shape index (κ1) is 35.2. The van der Waals surface area contributed by atoms with Gasteiger partial charge < -0.3 is 9.47 Å². The minimum atomic E-state index is 1.09. The number of nitrogens with zero attached hydrogens (tertiary/aromatic N) is 2. The first-order chi connectivity index (χ1) is 29.8. The van der Waals surface area contributed by atoms with Crippen LogP contribution in [0, 0.1) is 0 Å². The molecule has 0 aliphatic rings. The Morgan fingerprint density at radius 2 is 0.800 bits per heavy atom. The molecule has 0 unspecified atom stereocenters. The Labute approximate surface area is 350 Å². The van der Waals surface area contributed by atoms with Crippen LogP contribution in [0.4, 0.5) is 17.1 Å². The zero-order valence-electron chi connectivity index (χ0n) is 33.0. The van der Waals surface area contributed by atoms with E-state index in [1.165, 1.54) is 66.0 Å². The molecule has 0 saturated heterocycles. The summed E-state index contributed by atoms with van der Waals surface area (Å²) in [4.78, 5) is 2.40. The molecule has 0 saturated carbocycles. The average molecular weight is 765 g/mol. The molecule has 282 valence electrons. The lowest BCUT2D eigenvalue weighted by Gasteiger charge is -2.28. The van der Waals surface area contributed by atoms with Crippen molar-refractivity contribution in [1.82, 2.24) is 4.57 Å². The number of aromatic nitrogens is 1. The zero-order valence-corrected chi connectivity index (χ0v) is 33.0. The highest BCUT2D eigenvalue weighted by Gasteiger charge is 2.19. The molecule has 1 aromatic heterocycles. The molecule has 0 spiro atoms. The Hall–Kier alpha value is -7.94. The van der Waals surface area contributed by atoms with Gasteiger partial charge >= 0.3 is 0 Å². The van der Waals surface area contributed by atoms with E-state index in [9.17, 15) is 0 Å². The van der Waals surface area contributed by atoms with Gasteiger partial charge in [-0.05, 0) is 110 Å². The molecule has 11 rings (SSSR count). The maximum Gasteiger partial charge on any atom is 0.0541 e. The van der Waals surface area contributed by atoms with Gasteiger partial charge in [-0.25, -0.2) is 0 Å². The van der Waals surface area contributed by atoms with Crippen molar-refractivity contribution in [1.29, 1.82) is 0 Å². The first-order valence-electron chi connectivity index (χ1n) is 20.6. The van der Waals surface area contributed by atoms with Crippen LogP contribution in [0.5, 0.6) is 0 Å². The molecule has 2 nitrogen and oxygen atoms in total. The molecule has 10 aromatic carbocycles. The van der Waals surface area contributed by atoms with Crippen LogP contribution in [-0.2, 0) is 0 Å². The normalized spacial score (nSPS) is 11.3. The van der Waals surface area contributed by atoms with E-state index in [1.54, 1.807) is 0 Å². The predicted octanol–water partition coefficient (Wildman–Crippen LogP) is 16.1. The van der Waals surface area contributed by atoms with Crippen molar-refractivity contribution in [2.45, 2.75) is 0 Å². The van der Waals surface area contributed by atoms with Crippen LogP contribution in [0.25, 0.3) is 82.8 Å². The van der Waals surface area contributed by atoms with Gasteiger partial charge in [-0.15, -0.1) is 0 Å². The van der Waals surface area contributed by atoms with E-state index in [2.05, 4.69) is 252 Å². The number of fused-ring (bicyclic) bond motifs is 4. The number of rotatable bonds is 8. The van der Waals surface area contributed by atoms with Crippen LogP contribution in [0.15, 0.2) is 243 Å². The molecule has 0 bridgehead atoms. The highest BCUT2D eigenvalue weighted by Crippen LogP contribution is 2.43. The molecule has 11 aromatic rings. The van der Waals surface area contributed by atoms with Crippen molar-refractivity contribution in [3.8, 4) is 50.2 Å². The summed E-state index contributed by atoms with van der Waals surface area (Å²) < 4.78 is 2.38. The molecule has 0 radical (unpaired) electrons. The molecule has 0 N–H and O–H groups in total. The van der Waals surface area contributed by atoms with Gasteiger partial charge in [0.25, 0.3) is 0 Å².